The highest BCUT2D eigenvalue weighted by molar-refractivity contribution is 7.92. The number of halogens is 3. The molecule has 0 saturated heterocycles. The number of sulfonamides is 1. The summed E-state index contributed by atoms with van der Waals surface area (Å²) in [6.07, 6.45) is 1.23. The maximum Gasteiger partial charge on any atom is 0.248 e. The molecule has 146 valence electrons. The van der Waals surface area contributed by atoms with Crippen LogP contribution in [0, 0.1) is 12.7 Å². The van der Waals surface area contributed by atoms with E-state index in [2.05, 4.69) is 5.32 Å². The van der Waals surface area contributed by atoms with Crippen LogP contribution in [-0.2, 0) is 14.8 Å². The molecule has 1 N–H and O–H groups in total. The number of amides is 1. The first-order valence-corrected chi connectivity index (χ1v) is 10.7. The Kier molecular flexibility index (Phi) is 6.72. The van der Waals surface area contributed by atoms with Crippen LogP contribution in [-0.4, -0.2) is 26.6 Å². The van der Waals surface area contributed by atoms with Crippen LogP contribution in [0.3, 0.4) is 0 Å². The van der Waals surface area contributed by atoms with E-state index in [9.17, 15) is 17.6 Å². The first kappa shape index (κ1) is 21.5. The number of benzene rings is 2. The van der Waals surface area contributed by atoms with Crippen molar-refractivity contribution >= 4 is 50.5 Å². The first-order chi connectivity index (χ1) is 12.5. The smallest absolute Gasteiger partial charge is 0.248 e. The molecule has 9 heteroatoms. The number of nitrogens with one attached hydrogen (secondary N) is 1. The van der Waals surface area contributed by atoms with E-state index in [4.69, 9.17) is 23.2 Å². The number of aryl methyl sites for hydroxylation is 1. The lowest BCUT2D eigenvalue weighted by molar-refractivity contribution is -0.117. The lowest BCUT2D eigenvalue weighted by Gasteiger charge is -2.31. The molecular formula is C18H19Cl2FN2O3S. The Morgan fingerprint density at radius 2 is 1.89 bits per heavy atom. The fourth-order valence-corrected chi connectivity index (χ4v) is 4.26. The Bertz CT molecular complexity index is 967. The minimum Gasteiger partial charge on any atom is -0.324 e. The van der Waals surface area contributed by atoms with Gasteiger partial charge in [-0.1, -0.05) is 36.2 Å². The maximum atomic E-state index is 13.3. The van der Waals surface area contributed by atoms with Gasteiger partial charge in [0.25, 0.3) is 0 Å². The lowest BCUT2D eigenvalue weighted by Crippen LogP contribution is -2.47. The van der Waals surface area contributed by atoms with Crippen LogP contribution in [0.15, 0.2) is 36.4 Å². The van der Waals surface area contributed by atoms with Crippen molar-refractivity contribution in [3.63, 3.8) is 0 Å². The average molecular weight is 433 g/mol. The molecule has 0 aliphatic carbocycles. The summed E-state index contributed by atoms with van der Waals surface area (Å²) >= 11 is 11.8. The summed E-state index contributed by atoms with van der Waals surface area (Å²) in [4.78, 5) is 12.8. The fourth-order valence-electron chi connectivity index (χ4n) is 2.65. The number of hydrogen-bond donors (Lipinski definition) is 1. The maximum absolute atomic E-state index is 13.3. The molecule has 0 bridgehead atoms. The summed E-state index contributed by atoms with van der Waals surface area (Å²) in [5.41, 5.74) is 1.24. The van der Waals surface area contributed by atoms with E-state index in [0.29, 0.717) is 16.3 Å². The van der Waals surface area contributed by atoms with Crippen molar-refractivity contribution in [3.05, 3.63) is 57.8 Å². The summed E-state index contributed by atoms with van der Waals surface area (Å²) < 4.78 is 39.3. The third-order valence-corrected chi connectivity index (χ3v) is 5.62. The molecule has 0 aliphatic rings. The van der Waals surface area contributed by atoms with Gasteiger partial charge in [-0.2, -0.15) is 0 Å². The molecule has 1 atom stereocenters. The van der Waals surface area contributed by atoms with Gasteiger partial charge in [-0.15, -0.1) is 0 Å². The summed E-state index contributed by atoms with van der Waals surface area (Å²) in [5, 5.41) is 2.79. The summed E-state index contributed by atoms with van der Waals surface area (Å²) in [5.74, 6) is -1.18. The Hall–Kier alpha value is -1.83. The van der Waals surface area contributed by atoms with Crippen molar-refractivity contribution in [1.29, 1.82) is 0 Å². The van der Waals surface area contributed by atoms with Crippen LogP contribution >= 0.6 is 23.2 Å². The molecule has 0 radical (unpaired) electrons. The van der Waals surface area contributed by atoms with Crippen molar-refractivity contribution < 1.29 is 17.6 Å². The first-order valence-electron chi connectivity index (χ1n) is 8.06. The molecule has 0 aliphatic heterocycles. The minimum absolute atomic E-state index is 0.147. The molecule has 5 nitrogen and oxygen atoms in total. The summed E-state index contributed by atoms with van der Waals surface area (Å²) in [7, 11) is -3.79. The monoisotopic (exact) mass is 432 g/mol. The van der Waals surface area contributed by atoms with E-state index in [1.807, 2.05) is 0 Å². The molecule has 0 aromatic heterocycles. The molecular weight excluding hydrogens is 414 g/mol. The summed E-state index contributed by atoms with van der Waals surface area (Å²) in [6, 6.07) is 7.53. The molecule has 27 heavy (non-hydrogen) atoms. The van der Waals surface area contributed by atoms with Gasteiger partial charge in [0.15, 0.2) is 0 Å². The van der Waals surface area contributed by atoms with Crippen molar-refractivity contribution in [3.8, 4) is 0 Å². The second-order valence-corrected chi connectivity index (χ2v) is 8.73. The van der Waals surface area contributed by atoms with Crippen molar-refractivity contribution in [2.24, 2.45) is 0 Å². The second kappa shape index (κ2) is 8.46. The van der Waals surface area contributed by atoms with Crippen LogP contribution in [0.25, 0.3) is 0 Å². The van der Waals surface area contributed by atoms with Gasteiger partial charge in [0.05, 0.1) is 17.0 Å². The van der Waals surface area contributed by atoms with Gasteiger partial charge in [0.1, 0.15) is 11.9 Å². The predicted molar refractivity (Wildman–Crippen MR) is 108 cm³/mol. The lowest BCUT2D eigenvalue weighted by atomic mass is 10.1. The predicted octanol–water partition coefficient (Wildman–Crippen LogP) is 4.62. The number of carbonyl (C=O) groups is 1. The Labute approximate surface area is 168 Å². The van der Waals surface area contributed by atoms with Crippen LogP contribution in [0.4, 0.5) is 15.8 Å². The normalized spacial score (nSPS) is 12.5. The SMILES string of the molecule is CC[C@H](C(=O)Nc1ccc(F)c(Cl)c1)N(c1cc(Cl)ccc1C)S(C)(=O)=O. The third kappa shape index (κ3) is 5.12. The summed E-state index contributed by atoms with van der Waals surface area (Å²) in [6.45, 7) is 3.42. The fraction of sp³-hybridized carbons (Fsp3) is 0.278. The van der Waals surface area contributed by atoms with E-state index in [-0.39, 0.29) is 17.1 Å². The van der Waals surface area contributed by atoms with Gasteiger partial charge in [-0.25, -0.2) is 12.8 Å². The number of hydrogen-bond acceptors (Lipinski definition) is 3. The molecule has 0 unspecified atom stereocenters. The van der Waals surface area contributed by atoms with Crippen molar-refractivity contribution in [2.75, 3.05) is 15.9 Å². The number of nitrogens with zero attached hydrogens (tertiary/aromatic N) is 1. The molecule has 2 aromatic carbocycles. The molecule has 0 saturated carbocycles. The van der Waals surface area contributed by atoms with E-state index < -0.39 is 27.8 Å². The number of rotatable bonds is 6. The van der Waals surface area contributed by atoms with Crippen LogP contribution in [0.5, 0.6) is 0 Å². The zero-order chi connectivity index (χ0) is 20.4. The Morgan fingerprint density at radius 3 is 2.44 bits per heavy atom. The average Bonchev–Trinajstić information content (AvgIpc) is 2.57. The Balaban J connectivity index is 2.44. The van der Waals surface area contributed by atoms with Crippen LogP contribution in [0.2, 0.25) is 10.0 Å². The molecule has 2 rings (SSSR count). The minimum atomic E-state index is -3.79. The highest BCUT2D eigenvalue weighted by atomic mass is 35.5. The number of anilines is 2. The van der Waals surface area contributed by atoms with E-state index in [1.165, 1.54) is 18.2 Å². The zero-order valence-electron chi connectivity index (χ0n) is 15.0. The van der Waals surface area contributed by atoms with Crippen LogP contribution in [0.1, 0.15) is 18.9 Å². The van der Waals surface area contributed by atoms with Crippen molar-refractivity contribution in [2.45, 2.75) is 26.3 Å². The quantitative estimate of drug-likeness (QED) is 0.723. The van der Waals surface area contributed by atoms with Gasteiger partial charge in [-0.3, -0.25) is 9.10 Å². The van der Waals surface area contributed by atoms with Gasteiger partial charge in [0, 0.05) is 10.7 Å². The number of carbonyl (C=O) groups excluding carboxylic acids is 1. The van der Waals surface area contributed by atoms with Gasteiger partial charge in [-0.05, 0) is 49.2 Å². The molecule has 1 amide bonds. The van der Waals surface area contributed by atoms with Crippen LogP contribution < -0.4 is 9.62 Å². The molecule has 2 aromatic rings. The third-order valence-electron chi connectivity index (χ3n) is 3.93. The van der Waals surface area contributed by atoms with E-state index in [1.54, 1.807) is 26.0 Å². The Morgan fingerprint density at radius 1 is 1.22 bits per heavy atom. The zero-order valence-corrected chi connectivity index (χ0v) is 17.3. The highest BCUT2D eigenvalue weighted by Gasteiger charge is 2.32. The van der Waals surface area contributed by atoms with Gasteiger partial charge >= 0.3 is 0 Å². The van der Waals surface area contributed by atoms with E-state index >= 15 is 0 Å². The van der Waals surface area contributed by atoms with Gasteiger partial charge in [0.2, 0.25) is 15.9 Å². The molecule has 0 spiro atoms. The standard InChI is InChI=1S/C18H19Cl2FN2O3S/c1-4-16(18(24)22-13-7-8-15(21)14(20)10-13)23(27(3,25)26)17-9-12(19)6-5-11(17)2/h5-10,16H,4H2,1-3H3,(H,22,24)/t16-/m1/s1. The molecule has 0 fully saturated rings. The highest BCUT2D eigenvalue weighted by Crippen LogP contribution is 2.30. The largest absolute Gasteiger partial charge is 0.324 e. The molecule has 0 heterocycles. The van der Waals surface area contributed by atoms with Gasteiger partial charge < -0.3 is 5.32 Å². The van der Waals surface area contributed by atoms with Crippen molar-refractivity contribution in [1.82, 2.24) is 0 Å². The second-order valence-electron chi connectivity index (χ2n) is 6.03. The van der Waals surface area contributed by atoms with E-state index in [0.717, 1.165) is 16.6 Å². The topological polar surface area (TPSA) is 66.5 Å².